The molecule has 1 fully saturated rings. The Labute approximate surface area is 117 Å². The van der Waals surface area contributed by atoms with Crippen LogP contribution >= 0.6 is 0 Å². The number of rotatable bonds is 3. The molecule has 2 rings (SSSR count). The smallest absolute Gasteiger partial charge is 0.341 e. The molecule has 1 aromatic rings. The fourth-order valence-electron chi connectivity index (χ4n) is 2.42. The maximum absolute atomic E-state index is 11.9. The van der Waals surface area contributed by atoms with Gasteiger partial charge in [0, 0.05) is 13.6 Å². The number of hydrogen-bond donors (Lipinski definition) is 2. The van der Waals surface area contributed by atoms with Crippen LogP contribution < -0.4 is 16.0 Å². The number of hydrogen-bond acceptors (Lipinski definition) is 6. The van der Waals surface area contributed by atoms with Gasteiger partial charge in [0.25, 0.3) is 0 Å². The number of nitrogens with two attached hydrogens (primary N) is 1. The van der Waals surface area contributed by atoms with Crippen LogP contribution in [0.1, 0.15) is 23.2 Å². The fraction of sp³-hybridized carbons (Fsp3) is 0.462. The van der Waals surface area contributed by atoms with Crippen molar-refractivity contribution < 1.29 is 14.3 Å². The highest BCUT2D eigenvalue weighted by Crippen LogP contribution is 2.28. The van der Waals surface area contributed by atoms with Gasteiger partial charge < -0.3 is 20.7 Å². The molecule has 20 heavy (non-hydrogen) atoms. The Hall–Kier alpha value is -2.31. The Morgan fingerprint density at radius 2 is 2.30 bits per heavy atom. The molecule has 1 atom stereocenters. The van der Waals surface area contributed by atoms with E-state index in [9.17, 15) is 9.59 Å². The summed E-state index contributed by atoms with van der Waals surface area (Å²) in [6.45, 7) is 0.666. The fourth-order valence-corrected chi connectivity index (χ4v) is 2.42. The molecule has 0 saturated carbocycles. The molecule has 0 spiro atoms. The van der Waals surface area contributed by atoms with Crippen LogP contribution in [0.2, 0.25) is 0 Å². The predicted octanol–water partition coefficient (Wildman–Crippen LogP) is 0.165. The minimum Gasteiger partial charge on any atom is -0.465 e. The van der Waals surface area contributed by atoms with E-state index in [1.807, 2.05) is 4.90 Å². The highest BCUT2D eigenvalue weighted by atomic mass is 16.5. The van der Waals surface area contributed by atoms with Crippen LogP contribution in [0.4, 0.5) is 11.5 Å². The Morgan fingerprint density at radius 3 is 2.95 bits per heavy atom. The zero-order valence-corrected chi connectivity index (χ0v) is 11.5. The number of nitrogens with one attached hydrogen (secondary N) is 1. The molecule has 1 amide bonds. The topological polar surface area (TPSA) is 97.5 Å². The summed E-state index contributed by atoms with van der Waals surface area (Å²) >= 11 is 0. The summed E-state index contributed by atoms with van der Waals surface area (Å²) in [7, 11) is 2.89. The number of carbonyl (C=O) groups excluding carboxylic acids is 2. The number of methoxy groups -OCH3 is 1. The van der Waals surface area contributed by atoms with Crippen molar-refractivity contribution in [2.45, 2.75) is 18.9 Å². The van der Waals surface area contributed by atoms with Gasteiger partial charge in [0.05, 0.1) is 19.0 Å². The highest BCUT2D eigenvalue weighted by Gasteiger charge is 2.33. The molecule has 1 aliphatic heterocycles. The predicted molar refractivity (Wildman–Crippen MR) is 74.4 cm³/mol. The molecule has 2 heterocycles. The van der Waals surface area contributed by atoms with Crippen LogP contribution in [-0.4, -0.2) is 43.6 Å². The number of nitrogens with zero attached hydrogens (tertiary/aromatic N) is 2. The molecule has 108 valence electrons. The van der Waals surface area contributed by atoms with Gasteiger partial charge in [0.2, 0.25) is 5.91 Å². The van der Waals surface area contributed by atoms with Crippen molar-refractivity contribution in [1.82, 2.24) is 10.3 Å². The Morgan fingerprint density at radius 1 is 1.55 bits per heavy atom. The number of ether oxygens (including phenoxy) is 1. The SMILES string of the molecule is CNC(=O)C1CCCN1c1ncc(N)cc1C(=O)OC. The van der Waals surface area contributed by atoms with Crippen LogP contribution in [0.25, 0.3) is 0 Å². The van der Waals surface area contributed by atoms with Gasteiger partial charge in [-0.25, -0.2) is 9.78 Å². The van der Waals surface area contributed by atoms with Crippen molar-refractivity contribution in [1.29, 1.82) is 0 Å². The summed E-state index contributed by atoms with van der Waals surface area (Å²) in [6, 6.07) is 1.20. The normalized spacial score (nSPS) is 17.9. The number of pyridine rings is 1. The molecular weight excluding hydrogens is 260 g/mol. The summed E-state index contributed by atoms with van der Waals surface area (Å²) in [5.41, 5.74) is 6.33. The quantitative estimate of drug-likeness (QED) is 0.765. The van der Waals surface area contributed by atoms with E-state index in [0.717, 1.165) is 12.8 Å². The van der Waals surface area contributed by atoms with Crippen molar-refractivity contribution in [3.05, 3.63) is 17.8 Å². The maximum atomic E-state index is 11.9. The lowest BCUT2D eigenvalue weighted by Crippen LogP contribution is -2.43. The summed E-state index contributed by atoms with van der Waals surface area (Å²) in [5, 5.41) is 2.63. The molecule has 0 aliphatic carbocycles. The van der Waals surface area contributed by atoms with E-state index in [2.05, 4.69) is 10.3 Å². The van der Waals surface area contributed by atoms with Crippen LogP contribution in [-0.2, 0) is 9.53 Å². The number of likely N-dealkylation sites (N-methyl/N-ethyl adjacent to an activating group) is 1. The molecule has 0 radical (unpaired) electrons. The molecule has 7 nitrogen and oxygen atoms in total. The number of esters is 1. The number of aromatic nitrogens is 1. The van der Waals surface area contributed by atoms with Gasteiger partial charge in [-0.05, 0) is 18.9 Å². The third-order valence-electron chi connectivity index (χ3n) is 3.37. The van der Waals surface area contributed by atoms with Crippen molar-refractivity contribution in [2.75, 3.05) is 31.3 Å². The summed E-state index contributed by atoms with van der Waals surface area (Å²) in [6.07, 6.45) is 3.07. The Balaban J connectivity index is 2.41. The molecule has 3 N–H and O–H groups in total. The first-order chi connectivity index (χ1) is 9.58. The Bertz CT molecular complexity index is 532. The first-order valence-electron chi connectivity index (χ1n) is 6.40. The molecule has 0 aromatic carbocycles. The van der Waals surface area contributed by atoms with Crippen molar-refractivity contribution in [3.8, 4) is 0 Å². The van der Waals surface area contributed by atoms with Crippen LogP contribution in [0.5, 0.6) is 0 Å². The van der Waals surface area contributed by atoms with E-state index in [-0.39, 0.29) is 17.5 Å². The molecule has 0 bridgehead atoms. The first-order valence-corrected chi connectivity index (χ1v) is 6.40. The first kappa shape index (κ1) is 14.1. The third-order valence-corrected chi connectivity index (χ3v) is 3.37. The summed E-state index contributed by atoms with van der Waals surface area (Å²) in [4.78, 5) is 29.8. The number of nitrogen functional groups attached to an aromatic ring is 1. The lowest BCUT2D eigenvalue weighted by molar-refractivity contribution is -0.121. The third kappa shape index (κ3) is 2.52. The minimum atomic E-state index is -0.512. The van der Waals surface area contributed by atoms with Gasteiger partial charge >= 0.3 is 5.97 Å². The van der Waals surface area contributed by atoms with E-state index in [1.54, 1.807) is 7.05 Å². The average molecular weight is 278 g/mol. The van der Waals surface area contributed by atoms with E-state index >= 15 is 0 Å². The van der Waals surface area contributed by atoms with Crippen molar-refractivity contribution >= 4 is 23.4 Å². The molecule has 1 unspecified atom stereocenters. The Kier molecular flexibility index (Phi) is 4.07. The van der Waals surface area contributed by atoms with E-state index in [4.69, 9.17) is 10.5 Å². The lowest BCUT2D eigenvalue weighted by atomic mass is 10.2. The zero-order valence-electron chi connectivity index (χ0n) is 11.5. The number of amides is 1. The van der Waals surface area contributed by atoms with Gasteiger partial charge in [-0.3, -0.25) is 4.79 Å². The molecule has 1 saturated heterocycles. The van der Waals surface area contributed by atoms with Gasteiger partial charge in [-0.2, -0.15) is 0 Å². The van der Waals surface area contributed by atoms with E-state index in [1.165, 1.54) is 19.4 Å². The molecular formula is C13H18N4O3. The largest absolute Gasteiger partial charge is 0.465 e. The molecule has 7 heteroatoms. The monoisotopic (exact) mass is 278 g/mol. The number of anilines is 2. The number of carbonyl (C=O) groups is 2. The van der Waals surface area contributed by atoms with Crippen LogP contribution in [0.3, 0.4) is 0 Å². The second kappa shape index (κ2) is 5.77. The maximum Gasteiger partial charge on any atom is 0.341 e. The van der Waals surface area contributed by atoms with Crippen molar-refractivity contribution in [2.24, 2.45) is 0 Å². The van der Waals surface area contributed by atoms with Gasteiger partial charge in [0.1, 0.15) is 17.4 Å². The lowest BCUT2D eigenvalue weighted by Gasteiger charge is -2.25. The van der Waals surface area contributed by atoms with Gasteiger partial charge in [-0.1, -0.05) is 0 Å². The average Bonchev–Trinajstić information content (AvgIpc) is 2.94. The zero-order chi connectivity index (χ0) is 14.7. The second-order valence-corrected chi connectivity index (χ2v) is 4.60. The van der Waals surface area contributed by atoms with Crippen LogP contribution in [0.15, 0.2) is 12.3 Å². The highest BCUT2D eigenvalue weighted by molar-refractivity contribution is 5.97. The van der Waals surface area contributed by atoms with E-state index < -0.39 is 5.97 Å². The molecule has 1 aromatic heterocycles. The van der Waals surface area contributed by atoms with Crippen molar-refractivity contribution in [3.63, 3.8) is 0 Å². The van der Waals surface area contributed by atoms with E-state index in [0.29, 0.717) is 18.1 Å². The molecule has 1 aliphatic rings. The minimum absolute atomic E-state index is 0.0862. The van der Waals surface area contributed by atoms with Gasteiger partial charge in [-0.15, -0.1) is 0 Å². The summed E-state index contributed by atoms with van der Waals surface area (Å²) in [5.74, 6) is -0.156. The van der Waals surface area contributed by atoms with Gasteiger partial charge in [0.15, 0.2) is 0 Å². The summed E-state index contributed by atoms with van der Waals surface area (Å²) < 4.78 is 4.75. The second-order valence-electron chi connectivity index (χ2n) is 4.60. The van der Waals surface area contributed by atoms with Crippen LogP contribution in [0, 0.1) is 0 Å². The standard InChI is InChI=1S/C13H18N4O3/c1-15-12(18)10-4-3-5-17(10)11-9(13(19)20-2)6-8(14)7-16-11/h6-7,10H,3-5,14H2,1-2H3,(H,15,18).